The van der Waals surface area contributed by atoms with Crippen molar-refractivity contribution in [2.75, 3.05) is 0 Å². The number of hydrogen-bond donors (Lipinski definition) is 0. The van der Waals surface area contributed by atoms with Crippen LogP contribution in [0.3, 0.4) is 0 Å². The number of fused-ring (bicyclic) bond motifs is 3. The first kappa shape index (κ1) is 25.5. The van der Waals surface area contributed by atoms with Crippen LogP contribution in [0.2, 0.25) is 0 Å². The molecule has 0 unspecified atom stereocenters. The maximum Gasteiger partial charge on any atom is 0.0875 e. The lowest BCUT2D eigenvalue weighted by Gasteiger charge is -2.19. The Hall–Kier alpha value is -5.24. The largest absolute Gasteiger partial charge is 0.0875 e. The molecule has 0 saturated carbocycles. The van der Waals surface area contributed by atoms with Crippen molar-refractivity contribution in [2.24, 2.45) is 0 Å². The van der Waals surface area contributed by atoms with E-state index >= 15 is 0 Å². The second kappa shape index (κ2) is 10.9. The molecule has 8 aromatic rings. The van der Waals surface area contributed by atoms with Gasteiger partial charge in [-0.05, 0) is 71.8 Å². The zero-order valence-corrected chi connectivity index (χ0v) is 25.3. The van der Waals surface area contributed by atoms with Gasteiger partial charge in [0.1, 0.15) is 0 Å². The zero-order chi connectivity index (χ0) is 28.6. The Labute approximate surface area is 254 Å². The SMILES string of the molecule is c1ccc([SiH2]c2ccc3c(-c4ccc5ccccc5c4)c4ccccc4c(-c4ccc(-c5ccccc5)cc4)c3c2)cc1. The molecule has 0 aliphatic rings. The van der Waals surface area contributed by atoms with Crippen LogP contribution in [0.5, 0.6) is 0 Å². The summed E-state index contributed by atoms with van der Waals surface area (Å²) in [7, 11) is -0.614. The van der Waals surface area contributed by atoms with Crippen LogP contribution in [-0.4, -0.2) is 9.52 Å². The average Bonchev–Trinajstić information content (AvgIpc) is 3.08. The predicted octanol–water partition coefficient (Wildman–Crippen LogP) is 9.27. The summed E-state index contributed by atoms with van der Waals surface area (Å²) < 4.78 is 0. The summed E-state index contributed by atoms with van der Waals surface area (Å²) in [4.78, 5) is 0. The van der Waals surface area contributed by atoms with Crippen molar-refractivity contribution in [3.63, 3.8) is 0 Å². The van der Waals surface area contributed by atoms with Gasteiger partial charge in [0, 0.05) is 0 Å². The molecule has 0 spiro atoms. The predicted molar refractivity (Wildman–Crippen MR) is 190 cm³/mol. The van der Waals surface area contributed by atoms with Crippen LogP contribution in [0.15, 0.2) is 170 Å². The maximum atomic E-state index is 2.49. The standard InChI is InChI=1S/C42H30Si/c1-3-11-29(12-4-1)31-19-22-32(23-20-31)41-37-17-9-10-18-38(37)42(34-24-21-30-13-7-8-14-33(30)27-34)39-26-25-36(28-40(39)41)43-35-15-5-2-6-16-35/h1-28H,43H2. The van der Waals surface area contributed by atoms with Crippen molar-refractivity contribution < 1.29 is 0 Å². The Kier molecular flexibility index (Phi) is 6.44. The van der Waals surface area contributed by atoms with Crippen molar-refractivity contribution in [3.05, 3.63) is 170 Å². The third-order valence-corrected chi connectivity index (χ3v) is 10.4. The summed E-state index contributed by atoms with van der Waals surface area (Å²) in [5, 5.41) is 10.7. The van der Waals surface area contributed by atoms with Gasteiger partial charge < -0.3 is 0 Å². The Morgan fingerprint density at radius 2 is 0.814 bits per heavy atom. The van der Waals surface area contributed by atoms with Gasteiger partial charge in [0.25, 0.3) is 0 Å². The monoisotopic (exact) mass is 562 g/mol. The van der Waals surface area contributed by atoms with E-state index in [0.29, 0.717) is 0 Å². The van der Waals surface area contributed by atoms with Crippen LogP contribution in [0, 0.1) is 0 Å². The minimum atomic E-state index is -0.614. The summed E-state index contributed by atoms with van der Waals surface area (Å²) in [6.45, 7) is 0. The minimum Gasteiger partial charge on any atom is -0.0633 e. The second-order valence-electron chi connectivity index (χ2n) is 11.3. The lowest BCUT2D eigenvalue weighted by molar-refractivity contribution is 1.61. The van der Waals surface area contributed by atoms with Crippen molar-refractivity contribution in [3.8, 4) is 33.4 Å². The van der Waals surface area contributed by atoms with Gasteiger partial charge in [0.15, 0.2) is 0 Å². The van der Waals surface area contributed by atoms with Crippen molar-refractivity contribution in [2.45, 2.75) is 0 Å². The highest BCUT2D eigenvalue weighted by atomic mass is 28.2. The van der Waals surface area contributed by atoms with Crippen LogP contribution in [0.4, 0.5) is 0 Å². The quantitative estimate of drug-likeness (QED) is 0.145. The molecule has 8 rings (SSSR count). The highest BCUT2D eigenvalue weighted by Gasteiger charge is 2.18. The molecule has 0 amide bonds. The Morgan fingerprint density at radius 1 is 0.279 bits per heavy atom. The highest BCUT2D eigenvalue weighted by molar-refractivity contribution is 6.67. The Morgan fingerprint density at radius 3 is 1.56 bits per heavy atom. The number of rotatable bonds is 5. The third kappa shape index (κ3) is 4.74. The molecule has 0 nitrogen and oxygen atoms in total. The summed E-state index contributed by atoms with van der Waals surface area (Å²) in [5.41, 5.74) is 7.63. The van der Waals surface area contributed by atoms with Crippen molar-refractivity contribution >= 4 is 52.2 Å². The molecule has 1 heteroatoms. The van der Waals surface area contributed by atoms with E-state index in [1.165, 1.54) is 76.1 Å². The van der Waals surface area contributed by atoms with Crippen LogP contribution in [0.1, 0.15) is 0 Å². The smallest absolute Gasteiger partial charge is 0.0633 e. The number of benzene rings is 8. The van der Waals surface area contributed by atoms with E-state index in [1.54, 1.807) is 0 Å². The fraction of sp³-hybridized carbons (Fsp3) is 0. The van der Waals surface area contributed by atoms with Gasteiger partial charge in [-0.3, -0.25) is 0 Å². The van der Waals surface area contributed by atoms with E-state index in [9.17, 15) is 0 Å². The molecule has 0 heterocycles. The Balaban J connectivity index is 1.40. The second-order valence-corrected chi connectivity index (χ2v) is 13.3. The molecule has 43 heavy (non-hydrogen) atoms. The molecule has 0 aliphatic carbocycles. The average molecular weight is 563 g/mol. The van der Waals surface area contributed by atoms with Gasteiger partial charge in [0.05, 0.1) is 9.52 Å². The molecule has 0 bridgehead atoms. The first-order valence-corrected chi connectivity index (χ1v) is 16.4. The van der Waals surface area contributed by atoms with Crippen molar-refractivity contribution in [1.29, 1.82) is 0 Å². The Bertz CT molecular complexity index is 2230. The molecular formula is C42H30Si. The fourth-order valence-corrected chi connectivity index (χ4v) is 8.12. The van der Waals surface area contributed by atoms with Gasteiger partial charge in [-0.25, -0.2) is 0 Å². The summed E-state index contributed by atoms with van der Waals surface area (Å²) >= 11 is 0. The molecule has 0 N–H and O–H groups in total. The van der Waals surface area contributed by atoms with Gasteiger partial charge in [-0.1, -0.05) is 174 Å². The van der Waals surface area contributed by atoms with E-state index < -0.39 is 9.52 Å². The molecule has 202 valence electrons. The highest BCUT2D eigenvalue weighted by Crippen LogP contribution is 2.44. The maximum absolute atomic E-state index is 2.49. The molecule has 0 saturated heterocycles. The molecule has 0 atom stereocenters. The zero-order valence-electron chi connectivity index (χ0n) is 23.9. The third-order valence-electron chi connectivity index (χ3n) is 8.66. The molecule has 8 aromatic carbocycles. The normalized spacial score (nSPS) is 11.6. The lowest BCUT2D eigenvalue weighted by atomic mass is 9.85. The molecule has 0 aliphatic heterocycles. The summed E-state index contributed by atoms with van der Waals surface area (Å²) in [5.74, 6) is 0. The van der Waals surface area contributed by atoms with Crippen molar-refractivity contribution in [1.82, 2.24) is 0 Å². The summed E-state index contributed by atoms with van der Waals surface area (Å²) in [6, 6.07) is 62.6. The van der Waals surface area contributed by atoms with E-state index in [2.05, 4.69) is 170 Å². The summed E-state index contributed by atoms with van der Waals surface area (Å²) in [6.07, 6.45) is 0. The van der Waals surface area contributed by atoms with Gasteiger partial charge >= 0.3 is 0 Å². The first-order valence-electron chi connectivity index (χ1n) is 15.0. The fourth-order valence-electron chi connectivity index (χ4n) is 6.59. The molecule has 0 fully saturated rings. The first-order chi connectivity index (χ1) is 21.3. The van der Waals surface area contributed by atoms with E-state index in [0.717, 1.165) is 0 Å². The topological polar surface area (TPSA) is 0 Å². The molecule has 0 aromatic heterocycles. The van der Waals surface area contributed by atoms with Crippen LogP contribution < -0.4 is 10.4 Å². The van der Waals surface area contributed by atoms with Gasteiger partial charge in [0.2, 0.25) is 0 Å². The minimum absolute atomic E-state index is 0.614. The van der Waals surface area contributed by atoms with Gasteiger partial charge in [-0.2, -0.15) is 0 Å². The van der Waals surface area contributed by atoms with Crippen LogP contribution in [-0.2, 0) is 0 Å². The van der Waals surface area contributed by atoms with Crippen LogP contribution in [0.25, 0.3) is 65.7 Å². The van der Waals surface area contributed by atoms with E-state index in [-0.39, 0.29) is 0 Å². The molecule has 0 radical (unpaired) electrons. The molecular weight excluding hydrogens is 533 g/mol. The number of hydrogen-bond acceptors (Lipinski definition) is 0. The van der Waals surface area contributed by atoms with Crippen LogP contribution >= 0.6 is 0 Å². The van der Waals surface area contributed by atoms with E-state index in [4.69, 9.17) is 0 Å². The lowest BCUT2D eigenvalue weighted by Crippen LogP contribution is -2.26. The van der Waals surface area contributed by atoms with Gasteiger partial charge in [-0.15, -0.1) is 0 Å². The van der Waals surface area contributed by atoms with E-state index in [1.807, 2.05) is 0 Å².